The standard InChI is InChI=1S/C12H17BrFNO.ClH/c1-12(2,3)11(16)10(15)7-4-8(13)6-9(14)5-7;/h4-6,10-11,16H,15H2,1-3H3;1H/t10-,11-;/m0./s1. The van der Waals surface area contributed by atoms with E-state index in [1.165, 1.54) is 12.1 Å². The molecular weight excluding hydrogens is 308 g/mol. The fraction of sp³-hybridized carbons (Fsp3) is 0.500. The van der Waals surface area contributed by atoms with Gasteiger partial charge in [0.1, 0.15) is 5.82 Å². The molecule has 1 rings (SSSR count). The Labute approximate surface area is 116 Å². The molecule has 0 aliphatic heterocycles. The third kappa shape index (κ3) is 4.54. The number of aliphatic hydroxyl groups excluding tert-OH is 1. The van der Waals surface area contributed by atoms with E-state index in [1.54, 1.807) is 6.07 Å². The fourth-order valence-corrected chi connectivity index (χ4v) is 1.97. The zero-order chi connectivity index (χ0) is 12.5. The number of halogens is 3. The lowest BCUT2D eigenvalue weighted by Crippen LogP contribution is -2.37. The highest BCUT2D eigenvalue weighted by Crippen LogP contribution is 2.30. The van der Waals surface area contributed by atoms with Gasteiger partial charge in [0.15, 0.2) is 0 Å². The van der Waals surface area contributed by atoms with Crippen LogP contribution in [-0.2, 0) is 0 Å². The smallest absolute Gasteiger partial charge is 0.124 e. The van der Waals surface area contributed by atoms with E-state index in [9.17, 15) is 9.50 Å². The van der Waals surface area contributed by atoms with Gasteiger partial charge >= 0.3 is 0 Å². The molecule has 0 saturated heterocycles. The van der Waals surface area contributed by atoms with Crippen LogP contribution in [-0.4, -0.2) is 11.2 Å². The minimum Gasteiger partial charge on any atom is -0.391 e. The molecule has 17 heavy (non-hydrogen) atoms. The highest BCUT2D eigenvalue weighted by Gasteiger charge is 2.29. The van der Waals surface area contributed by atoms with Crippen molar-refractivity contribution in [3.63, 3.8) is 0 Å². The lowest BCUT2D eigenvalue weighted by molar-refractivity contribution is 0.0400. The molecule has 2 atom stereocenters. The first kappa shape index (κ1) is 16.8. The molecule has 0 aliphatic rings. The minimum atomic E-state index is -0.721. The van der Waals surface area contributed by atoms with Crippen molar-refractivity contribution >= 4 is 28.3 Å². The predicted molar refractivity (Wildman–Crippen MR) is 73.7 cm³/mol. The number of hydrogen-bond donors (Lipinski definition) is 2. The molecule has 0 amide bonds. The summed E-state index contributed by atoms with van der Waals surface area (Å²) in [6.45, 7) is 5.68. The van der Waals surface area contributed by atoms with Crippen molar-refractivity contribution in [1.82, 2.24) is 0 Å². The maximum absolute atomic E-state index is 13.2. The molecule has 3 N–H and O–H groups in total. The Kier molecular flexibility index (Phi) is 6.08. The second kappa shape index (κ2) is 6.14. The molecule has 2 nitrogen and oxygen atoms in total. The molecule has 0 aromatic heterocycles. The summed E-state index contributed by atoms with van der Waals surface area (Å²) in [4.78, 5) is 0. The van der Waals surface area contributed by atoms with Crippen LogP contribution >= 0.6 is 28.3 Å². The highest BCUT2D eigenvalue weighted by molar-refractivity contribution is 9.10. The van der Waals surface area contributed by atoms with Gasteiger partial charge in [-0.2, -0.15) is 0 Å². The van der Waals surface area contributed by atoms with Crippen molar-refractivity contribution in [1.29, 1.82) is 0 Å². The Morgan fingerprint density at radius 2 is 1.82 bits per heavy atom. The van der Waals surface area contributed by atoms with Crippen LogP contribution in [0, 0.1) is 11.2 Å². The van der Waals surface area contributed by atoms with Crippen LogP contribution in [0.1, 0.15) is 32.4 Å². The summed E-state index contributed by atoms with van der Waals surface area (Å²) in [7, 11) is 0. The summed E-state index contributed by atoms with van der Waals surface area (Å²) >= 11 is 3.20. The van der Waals surface area contributed by atoms with E-state index in [2.05, 4.69) is 15.9 Å². The van der Waals surface area contributed by atoms with Crippen LogP contribution < -0.4 is 5.73 Å². The fourth-order valence-electron chi connectivity index (χ4n) is 1.49. The number of benzene rings is 1. The van der Waals surface area contributed by atoms with Crippen molar-refractivity contribution in [3.05, 3.63) is 34.1 Å². The molecule has 0 unspecified atom stereocenters. The van der Waals surface area contributed by atoms with Gasteiger partial charge in [-0.1, -0.05) is 36.7 Å². The van der Waals surface area contributed by atoms with Crippen LogP contribution in [0.2, 0.25) is 0 Å². The zero-order valence-electron chi connectivity index (χ0n) is 10.1. The molecule has 0 radical (unpaired) electrons. The molecule has 0 bridgehead atoms. The van der Waals surface area contributed by atoms with Gasteiger partial charge in [-0.3, -0.25) is 0 Å². The highest BCUT2D eigenvalue weighted by atomic mass is 79.9. The maximum atomic E-state index is 13.2. The first-order valence-corrected chi connectivity index (χ1v) is 5.91. The third-order valence-corrected chi connectivity index (χ3v) is 2.96. The van der Waals surface area contributed by atoms with Gasteiger partial charge in [0.05, 0.1) is 12.1 Å². The summed E-state index contributed by atoms with van der Waals surface area (Å²) in [6.07, 6.45) is -0.721. The molecule has 1 aromatic rings. The monoisotopic (exact) mass is 325 g/mol. The van der Waals surface area contributed by atoms with Crippen LogP contribution in [0.25, 0.3) is 0 Å². The molecule has 0 aliphatic carbocycles. The predicted octanol–water partition coefficient (Wildman–Crippen LogP) is 3.42. The number of aliphatic hydroxyl groups is 1. The van der Waals surface area contributed by atoms with E-state index in [0.29, 0.717) is 10.0 Å². The second-order valence-electron chi connectivity index (χ2n) is 5.04. The molecule has 0 fully saturated rings. The Morgan fingerprint density at radius 3 is 2.24 bits per heavy atom. The lowest BCUT2D eigenvalue weighted by Gasteiger charge is -2.31. The lowest BCUT2D eigenvalue weighted by atomic mass is 9.82. The van der Waals surface area contributed by atoms with Crippen molar-refractivity contribution < 1.29 is 9.50 Å². The maximum Gasteiger partial charge on any atom is 0.124 e. The van der Waals surface area contributed by atoms with Crippen molar-refractivity contribution in [2.45, 2.75) is 32.9 Å². The first-order valence-electron chi connectivity index (χ1n) is 5.11. The summed E-state index contributed by atoms with van der Waals surface area (Å²) in [5.74, 6) is -0.360. The van der Waals surface area contributed by atoms with Gasteiger partial charge < -0.3 is 10.8 Å². The van der Waals surface area contributed by atoms with E-state index in [1.807, 2.05) is 20.8 Å². The van der Waals surface area contributed by atoms with E-state index in [0.717, 1.165) is 0 Å². The molecule has 1 aromatic carbocycles. The molecule has 98 valence electrons. The van der Waals surface area contributed by atoms with Crippen LogP contribution in [0.4, 0.5) is 4.39 Å². The van der Waals surface area contributed by atoms with Gasteiger partial charge in [0, 0.05) is 4.47 Å². The zero-order valence-corrected chi connectivity index (χ0v) is 12.5. The second-order valence-corrected chi connectivity index (χ2v) is 5.96. The Morgan fingerprint density at radius 1 is 1.29 bits per heavy atom. The van der Waals surface area contributed by atoms with Gasteiger partial charge in [-0.15, -0.1) is 12.4 Å². The Bertz CT molecular complexity index is 361. The third-order valence-electron chi connectivity index (χ3n) is 2.50. The van der Waals surface area contributed by atoms with Gasteiger partial charge in [0.2, 0.25) is 0 Å². The minimum absolute atomic E-state index is 0. The van der Waals surface area contributed by atoms with E-state index < -0.39 is 12.1 Å². The van der Waals surface area contributed by atoms with Crippen molar-refractivity contribution in [3.8, 4) is 0 Å². The largest absolute Gasteiger partial charge is 0.391 e. The molecule has 0 heterocycles. The number of hydrogen-bond acceptors (Lipinski definition) is 2. The Balaban J connectivity index is 0.00000256. The van der Waals surface area contributed by atoms with Gasteiger partial charge in [-0.25, -0.2) is 4.39 Å². The summed E-state index contributed by atoms with van der Waals surface area (Å²) in [6, 6.07) is 3.85. The van der Waals surface area contributed by atoms with Gasteiger partial charge in [0.25, 0.3) is 0 Å². The SMILES string of the molecule is CC(C)(C)[C@@H](O)[C@@H](N)c1cc(F)cc(Br)c1.Cl. The van der Waals surface area contributed by atoms with Gasteiger partial charge in [-0.05, 0) is 29.2 Å². The summed E-state index contributed by atoms with van der Waals surface area (Å²) in [5, 5.41) is 10.0. The summed E-state index contributed by atoms with van der Waals surface area (Å²) < 4.78 is 13.8. The average Bonchev–Trinajstić information content (AvgIpc) is 2.12. The topological polar surface area (TPSA) is 46.2 Å². The quantitative estimate of drug-likeness (QED) is 0.875. The molecular formula is C12H18BrClFNO. The van der Waals surface area contributed by atoms with Crippen molar-refractivity contribution in [2.24, 2.45) is 11.1 Å². The normalized spacial score (nSPS) is 15.0. The van der Waals surface area contributed by atoms with E-state index >= 15 is 0 Å². The number of nitrogens with two attached hydrogens (primary N) is 1. The van der Waals surface area contributed by atoms with Crippen molar-refractivity contribution in [2.75, 3.05) is 0 Å². The van der Waals surface area contributed by atoms with Crippen LogP contribution in [0.5, 0.6) is 0 Å². The average molecular weight is 327 g/mol. The molecule has 0 spiro atoms. The Hall–Kier alpha value is -0.160. The van der Waals surface area contributed by atoms with Crippen LogP contribution in [0.3, 0.4) is 0 Å². The number of rotatable bonds is 2. The van der Waals surface area contributed by atoms with Crippen LogP contribution in [0.15, 0.2) is 22.7 Å². The first-order chi connectivity index (χ1) is 7.21. The van der Waals surface area contributed by atoms with E-state index in [4.69, 9.17) is 5.73 Å². The molecule has 5 heteroatoms. The van der Waals surface area contributed by atoms with E-state index in [-0.39, 0.29) is 23.6 Å². The molecule has 0 saturated carbocycles. The summed E-state index contributed by atoms with van der Waals surface area (Å²) in [5.41, 5.74) is 6.18.